The van der Waals surface area contributed by atoms with E-state index in [2.05, 4.69) is 21.2 Å². The van der Waals surface area contributed by atoms with Gasteiger partial charge in [0.25, 0.3) is 0 Å². The number of hydrogen-bond donors (Lipinski definition) is 1. The average molecular weight is 345 g/mol. The highest BCUT2D eigenvalue weighted by Crippen LogP contribution is 2.28. The van der Waals surface area contributed by atoms with Crippen molar-refractivity contribution in [1.29, 1.82) is 0 Å². The van der Waals surface area contributed by atoms with Crippen molar-refractivity contribution in [2.24, 2.45) is 0 Å². The van der Waals surface area contributed by atoms with E-state index < -0.39 is 0 Å². The van der Waals surface area contributed by atoms with Gasteiger partial charge in [0.1, 0.15) is 11.6 Å². The van der Waals surface area contributed by atoms with Gasteiger partial charge >= 0.3 is 0 Å². The lowest BCUT2D eigenvalue weighted by atomic mass is 10.2. The van der Waals surface area contributed by atoms with Crippen LogP contribution in [0, 0.1) is 5.82 Å². The molecule has 5 heteroatoms. The molecule has 0 saturated heterocycles. The molecule has 2 aromatic rings. The predicted octanol–water partition coefficient (Wildman–Crippen LogP) is 4.86. The van der Waals surface area contributed by atoms with E-state index in [0.29, 0.717) is 21.8 Å². The summed E-state index contributed by atoms with van der Waals surface area (Å²) in [5, 5.41) is 3.72. The molecular weight excluding hydrogens is 333 g/mol. The molecule has 0 bridgehead atoms. The lowest BCUT2D eigenvalue weighted by Crippen LogP contribution is -2.01. The molecule has 0 heterocycles. The molecule has 100 valence electrons. The zero-order valence-electron chi connectivity index (χ0n) is 10.2. The van der Waals surface area contributed by atoms with Crippen LogP contribution in [0.15, 0.2) is 40.9 Å². The third-order valence-corrected chi connectivity index (χ3v) is 3.85. The topological polar surface area (TPSA) is 21.3 Å². The molecule has 2 aromatic carbocycles. The number of halogens is 3. The molecule has 2 nitrogen and oxygen atoms in total. The monoisotopic (exact) mass is 343 g/mol. The van der Waals surface area contributed by atoms with Gasteiger partial charge in [-0.25, -0.2) is 4.39 Å². The Hall–Kier alpha value is -1.26. The largest absolute Gasteiger partial charge is 0.495 e. The molecule has 0 aromatic heterocycles. The quantitative estimate of drug-likeness (QED) is 0.855. The van der Waals surface area contributed by atoms with Crippen molar-refractivity contribution in [3.63, 3.8) is 0 Å². The van der Waals surface area contributed by atoms with Crippen molar-refractivity contribution in [2.75, 3.05) is 12.4 Å². The number of methoxy groups -OCH3 is 1. The number of anilines is 1. The minimum atomic E-state index is -0.271. The second-order valence-corrected chi connectivity index (χ2v) is 5.12. The maximum atomic E-state index is 13.4. The van der Waals surface area contributed by atoms with Gasteiger partial charge < -0.3 is 10.1 Å². The summed E-state index contributed by atoms with van der Waals surface area (Å²) in [7, 11) is 1.57. The molecule has 1 N–H and O–H groups in total. The van der Waals surface area contributed by atoms with Crippen molar-refractivity contribution in [3.05, 3.63) is 57.3 Å². The minimum Gasteiger partial charge on any atom is -0.495 e. The van der Waals surface area contributed by atoms with Crippen LogP contribution in [0.5, 0.6) is 5.75 Å². The molecule has 0 spiro atoms. The first-order valence-electron chi connectivity index (χ1n) is 5.62. The minimum absolute atomic E-state index is 0.271. The maximum Gasteiger partial charge on any atom is 0.137 e. The smallest absolute Gasteiger partial charge is 0.137 e. The van der Waals surface area contributed by atoms with Crippen LogP contribution in [0.1, 0.15) is 5.56 Å². The van der Waals surface area contributed by atoms with E-state index in [0.717, 1.165) is 11.3 Å². The third-order valence-electron chi connectivity index (χ3n) is 2.67. The normalized spacial score (nSPS) is 10.3. The zero-order chi connectivity index (χ0) is 13.8. The van der Waals surface area contributed by atoms with E-state index in [9.17, 15) is 4.39 Å². The molecular formula is C14H12BrClFNO. The molecule has 0 aliphatic carbocycles. The Morgan fingerprint density at radius 3 is 2.79 bits per heavy atom. The number of rotatable bonds is 4. The van der Waals surface area contributed by atoms with Gasteiger partial charge in [-0.05, 0) is 45.8 Å². The highest BCUT2D eigenvalue weighted by Gasteiger charge is 2.06. The predicted molar refractivity (Wildman–Crippen MR) is 79.4 cm³/mol. The lowest BCUT2D eigenvalue weighted by Gasteiger charge is -2.10. The lowest BCUT2D eigenvalue weighted by molar-refractivity contribution is 0.415. The van der Waals surface area contributed by atoms with Gasteiger partial charge in [-0.15, -0.1) is 0 Å². The molecule has 0 unspecified atom stereocenters. The van der Waals surface area contributed by atoms with E-state index in [4.69, 9.17) is 16.3 Å². The van der Waals surface area contributed by atoms with Gasteiger partial charge in [-0.2, -0.15) is 0 Å². The highest BCUT2D eigenvalue weighted by molar-refractivity contribution is 9.10. The van der Waals surface area contributed by atoms with Crippen LogP contribution in [0.4, 0.5) is 10.1 Å². The number of ether oxygens (including phenoxy) is 1. The van der Waals surface area contributed by atoms with Crippen LogP contribution in [0.3, 0.4) is 0 Å². The fourth-order valence-electron chi connectivity index (χ4n) is 1.66. The van der Waals surface area contributed by atoms with E-state index in [1.54, 1.807) is 25.3 Å². The van der Waals surface area contributed by atoms with Crippen LogP contribution in [0.2, 0.25) is 5.02 Å². The van der Waals surface area contributed by atoms with Crippen molar-refractivity contribution in [1.82, 2.24) is 0 Å². The Morgan fingerprint density at radius 1 is 1.32 bits per heavy atom. The molecule has 0 aliphatic rings. The Morgan fingerprint density at radius 2 is 2.11 bits per heavy atom. The first-order valence-corrected chi connectivity index (χ1v) is 6.79. The molecule has 0 radical (unpaired) electrons. The van der Waals surface area contributed by atoms with Crippen molar-refractivity contribution in [2.45, 2.75) is 6.54 Å². The standard InChI is InChI=1S/C14H12BrClFNO/c1-19-13-6-5-10(7-11(13)16)18-8-9-3-2-4-12(17)14(9)15/h2-7,18H,8H2,1H3. The third kappa shape index (κ3) is 3.39. The summed E-state index contributed by atoms with van der Waals surface area (Å²) in [6, 6.07) is 10.4. The summed E-state index contributed by atoms with van der Waals surface area (Å²) in [4.78, 5) is 0. The van der Waals surface area contributed by atoms with E-state index in [1.807, 2.05) is 12.1 Å². The summed E-state index contributed by atoms with van der Waals surface area (Å²) >= 11 is 9.26. The van der Waals surface area contributed by atoms with Gasteiger partial charge in [0.05, 0.1) is 16.6 Å². The average Bonchev–Trinajstić information content (AvgIpc) is 2.40. The molecule has 19 heavy (non-hydrogen) atoms. The Bertz CT molecular complexity index is 592. The summed E-state index contributed by atoms with van der Waals surface area (Å²) in [5.41, 5.74) is 1.69. The summed E-state index contributed by atoms with van der Waals surface area (Å²) in [6.07, 6.45) is 0. The second kappa shape index (κ2) is 6.26. The summed E-state index contributed by atoms with van der Waals surface area (Å²) in [5.74, 6) is 0.353. The molecule has 0 atom stereocenters. The highest BCUT2D eigenvalue weighted by atomic mass is 79.9. The van der Waals surface area contributed by atoms with Gasteiger partial charge in [-0.1, -0.05) is 23.7 Å². The van der Waals surface area contributed by atoms with Crippen LogP contribution in [0.25, 0.3) is 0 Å². The molecule has 0 aliphatic heterocycles. The van der Waals surface area contributed by atoms with Gasteiger partial charge in [0.2, 0.25) is 0 Å². The van der Waals surface area contributed by atoms with Crippen molar-refractivity contribution >= 4 is 33.2 Å². The fourth-order valence-corrected chi connectivity index (χ4v) is 2.32. The van der Waals surface area contributed by atoms with Crippen LogP contribution < -0.4 is 10.1 Å². The first-order chi connectivity index (χ1) is 9.11. The number of benzene rings is 2. The van der Waals surface area contributed by atoms with Crippen molar-refractivity contribution < 1.29 is 9.13 Å². The van der Waals surface area contributed by atoms with Crippen LogP contribution in [-0.2, 0) is 6.54 Å². The van der Waals surface area contributed by atoms with Gasteiger partial charge in [0.15, 0.2) is 0 Å². The maximum absolute atomic E-state index is 13.4. The fraction of sp³-hybridized carbons (Fsp3) is 0.143. The Kier molecular flexibility index (Phi) is 4.66. The molecule has 0 fully saturated rings. The molecule has 2 rings (SSSR count). The number of nitrogens with one attached hydrogen (secondary N) is 1. The van der Waals surface area contributed by atoms with Crippen molar-refractivity contribution in [3.8, 4) is 5.75 Å². The van der Waals surface area contributed by atoms with E-state index in [-0.39, 0.29) is 5.82 Å². The molecule has 0 amide bonds. The van der Waals surface area contributed by atoms with E-state index in [1.165, 1.54) is 6.07 Å². The van der Waals surface area contributed by atoms with Gasteiger partial charge in [-0.3, -0.25) is 0 Å². The van der Waals surface area contributed by atoms with Crippen LogP contribution in [-0.4, -0.2) is 7.11 Å². The summed E-state index contributed by atoms with van der Waals surface area (Å²) < 4.78 is 18.9. The summed E-state index contributed by atoms with van der Waals surface area (Å²) in [6.45, 7) is 0.501. The second-order valence-electron chi connectivity index (χ2n) is 3.92. The van der Waals surface area contributed by atoms with Gasteiger partial charge in [0, 0.05) is 12.2 Å². The first kappa shape index (κ1) is 14.2. The molecule has 0 saturated carbocycles. The van der Waals surface area contributed by atoms with Crippen LogP contribution >= 0.6 is 27.5 Å². The van der Waals surface area contributed by atoms with E-state index >= 15 is 0 Å². The number of hydrogen-bond acceptors (Lipinski definition) is 2. The Balaban J connectivity index is 2.10. The Labute approximate surface area is 124 Å². The SMILES string of the molecule is COc1ccc(NCc2cccc(F)c2Br)cc1Cl. The zero-order valence-corrected chi connectivity index (χ0v) is 12.6.